The highest BCUT2D eigenvalue weighted by Gasteiger charge is 2.59. The van der Waals surface area contributed by atoms with Gasteiger partial charge < -0.3 is 28.4 Å². The Morgan fingerprint density at radius 3 is 2.30 bits per heavy atom. The number of rotatable bonds is 4. The summed E-state index contributed by atoms with van der Waals surface area (Å²) in [6.45, 7) is 12.2. The van der Waals surface area contributed by atoms with Gasteiger partial charge in [-0.05, 0) is 47.1 Å². The summed E-state index contributed by atoms with van der Waals surface area (Å²) >= 11 is 0. The minimum Gasteiger partial charge on any atom is -0.365 e. The molecule has 3 aliphatic heterocycles. The van der Waals surface area contributed by atoms with Crippen molar-refractivity contribution < 1.29 is 28.4 Å². The fourth-order valence-corrected chi connectivity index (χ4v) is 3.99. The molecule has 1 aromatic carbocycles. The Kier molecular flexibility index (Phi) is 4.86. The standard InChI is InChI=1S/C21H30O6/c1-12-7-9-14(10-8-12)13(2)23-17-16(15-11-22-20(3,4)25-15)24-19-18(17)26-21(5,6)27-19/h7-10,13,15-19H,11H2,1-6H3/t13?,15-,16?,17+,18-,19-/m1/s1. The zero-order chi connectivity index (χ0) is 19.4. The molecular formula is C21H30O6. The molecule has 0 amide bonds. The molecule has 3 aliphatic rings. The van der Waals surface area contributed by atoms with Crippen LogP contribution in [0.4, 0.5) is 0 Å². The van der Waals surface area contributed by atoms with Crippen molar-refractivity contribution in [2.45, 2.75) is 89.9 Å². The molecule has 6 atom stereocenters. The van der Waals surface area contributed by atoms with Crippen LogP contribution in [0.15, 0.2) is 24.3 Å². The van der Waals surface area contributed by atoms with E-state index in [-0.39, 0.29) is 30.5 Å². The zero-order valence-corrected chi connectivity index (χ0v) is 16.9. The van der Waals surface area contributed by atoms with Gasteiger partial charge in [0.25, 0.3) is 0 Å². The minimum atomic E-state index is -0.693. The Morgan fingerprint density at radius 2 is 1.67 bits per heavy atom. The average molecular weight is 378 g/mol. The highest BCUT2D eigenvalue weighted by molar-refractivity contribution is 5.23. The normalized spacial score (nSPS) is 38.1. The van der Waals surface area contributed by atoms with Crippen molar-refractivity contribution in [2.75, 3.05) is 6.61 Å². The monoisotopic (exact) mass is 378 g/mol. The van der Waals surface area contributed by atoms with Crippen LogP contribution in [0.25, 0.3) is 0 Å². The van der Waals surface area contributed by atoms with Gasteiger partial charge in [0.2, 0.25) is 0 Å². The third-order valence-electron chi connectivity index (χ3n) is 5.33. The molecule has 2 unspecified atom stereocenters. The lowest BCUT2D eigenvalue weighted by Gasteiger charge is -2.31. The summed E-state index contributed by atoms with van der Waals surface area (Å²) in [4.78, 5) is 0. The van der Waals surface area contributed by atoms with Crippen molar-refractivity contribution in [3.05, 3.63) is 35.4 Å². The third kappa shape index (κ3) is 3.92. The van der Waals surface area contributed by atoms with E-state index in [0.717, 1.165) is 5.56 Å². The molecular weight excluding hydrogens is 348 g/mol. The van der Waals surface area contributed by atoms with Crippen LogP contribution < -0.4 is 0 Å². The summed E-state index contributed by atoms with van der Waals surface area (Å²) in [5.74, 6) is -1.32. The first-order chi connectivity index (χ1) is 12.6. The molecule has 6 nitrogen and oxygen atoms in total. The molecule has 1 aromatic rings. The van der Waals surface area contributed by atoms with Gasteiger partial charge in [-0.1, -0.05) is 29.8 Å². The van der Waals surface area contributed by atoms with Gasteiger partial charge in [-0.2, -0.15) is 0 Å². The fraction of sp³-hybridized carbons (Fsp3) is 0.714. The van der Waals surface area contributed by atoms with Crippen molar-refractivity contribution in [1.82, 2.24) is 0 Å². The van der Waals surface area contributed by atoms with E-state index in [1.54, 1.807) is 0 Å². The molecule has 0 aromatic heterocycles. The fourth-order valence-electron chi connectivity index (χ4n) is 3.99. The lowest BCUT2D eigenvalue weighted by atomic mass is 10.0. The second-order valence-electron chi connectivity index (χ2n) is 8.59. The molecule has 3 fully saturated rings. The second kappa shape index (κ2) is 6.79. The molecule has 6 heteroatoms. The van der Waals surface area contributed by atoms with Gasteiger partial charge in [-0.3, -0.25) is 0 Å². The number of benzene rings is 1. The number of ether oxygens (including phenoxy) is 6. The van der Waals surface area contributed by atoms with Crippen LogP contribution in [0.2, 0.25) is 0 Å². The summed E-state index contributed by atoms with van der Waals surface area (Å²) in [7, 11) is 0. The Morgan fingerprint density at radius 1 is 0.963 bits per heavy atom. The third-order valence-corrected chi connectivity index (χ3v) is 5.33. The molecule has 150 valence electrons. The SMILES string of the molecule is Cc1ccc(C(C)O[C@H]2C([C@H]3COC(C)(C)O3)O[C@@H]3OC(C)(C)O[C@@H]32)cc1. The lowest BCUT2D eigenvalue weighted by Crippen LogP contribution is -2.44. The van der Waals surface area contributed by atoms with Crippen molar-refractivity contribution in [2.24, 2.45) is 0 Å². The lowest BCUT2D eigenvalue weighted by molar-refractivity contribution is -0.239. The molecule has 27 heavy (non-hydrogen) atoms. The molecule has 0 saturated carbocycles. The molecule has 0 radical (unpaired) electrons. The first-order valence-electron chi connectivity index (χ1n) is 9.68. The van der Waals surface area contributed by atoms with Crippen LogP contribution in [-0.4, -0.2) is 48.9 Å². The minimum absolute atomic E-state index is 0.108. The van der Waals surface area contributed by atoms with Crippen LogP contribution in [0, 0.1) is 6.92 Å². The zero-order valence-electron chi connectivity index (χ0n) is 16.9. The summed E-state index contributed by atoms with van der Waals surface area (Å²) in [6, 6.07) is 8.37. The van der Waals surface area contributed by atoms with E-state index in [1.807, 2.05) is 34.6 Å². The van der Waals surface area contributed by atoms with Crippen molar-refractivity contribution in [3.8, 4) is 0 Å². The largest absolute Gasteiger partial charge is 0.365 e. The molecule has 0 N–H and O–H groups in total. The first kappa shape index (κ1) is 19.3. The summed E-state index contributed by atoms with van der Waals surface area (Å²) in [5.41, 5.74) is 2.34. The summed E-state index contributed by atoms with van der Waals surface area (Å²) in [6.07, 6.45) is -1.72. The van der Waals surface area contributed by atoms with E-state index in [1.165, 1.54) is 5.56 Å². The van der Waals surface area contributed by atoms with Crippen molar-refractivity contribution in [1.29, 1.82) is 0 Å². The highest BCUT2D eigenvalue weighted by Crippen LogP contribution is 2.43. The average Bonchev–Trinajstić information content (AvgIpc) is 3.18. The molecule has 0 aliphatic carbocycles. The van der Waals surface area contributed by atoms with E-state index >= 15 is 0 Å². The Labute approximate surface area is 161 Å². The van der Waals surface area contributed by atoms with Crippen LogP contribution in [0.5, 0.6) is 0 Å². The topological polar surface area (TPSA) is 55.4 Å². The number of aryl methyl sites for hydroxylation is 1. The van der Waals surface area contributed by atoms with Gasteiger partial charge in [0.15, 0.2) is 17.9 Å². The number of fused-ring (bicyclic) bond motifs is 1. The molecule has 0 spiro atoms. The van der Waals surface area contributed by atoms with Crippen LogP contribution in [0.1, 0.15) is 51.8 Å². The van der Waals surface area contributed by atoms with Gasteiger partial charge in [0, 0.05) is 0 Å². The predicted octanol–water partition coefficient (Wildman–Crippen LogP) is 3.47. The van der Waals surface area contributed by atoms with Gasteiger partial charge >= 0.3 is 0 Å². The number of hydrogen-bond acceptors (Lipinski definition) is 6. The Bertz CT molecular complexity index is 670. The van der Waals surface area contributed by atoms with Gasteiger partial charge in [-0.25, -0.2) is 0 Å². The van der Waals surface area contributed by atoms with E-state index in [2.05, 4.69) is 31.2 Å². The van der Waals surface area contributed by atoms with Gasteiger partial charge in [-0.15, -0.1) is 0 Å². The maximum Gasteiger partial charge on any atom is 0.190 e. The first-order valence-corrected chi connectivity index (χ1v) is 9.68. The molecule has 3 saturated heterocycles. The Balaban J connectivity index is 1.54. The molecule has 4 rings (SSSR count). The summed E-state index contributed by atoms with van der Waals surface area (Å²) in [5, 5.41) is 0. The van der Waals surface area contributed by atoms with E-state index in [9.17, 15) is 0 Å². The van der Waals surface area contributed by atoms with Gasteiger partial charge in [0.05, 0.1) is 12.7 Å². The summed E-state index contributed by atoms with van der Waals surface area (Å²) < 4.78 is 36.5. The van der Waals surface area contributed by atoms with E-state index in [0.29, 0.717) is 6.61 Å². The predicted molar refractivity (Wildman–Crippen MR) is 98.1 cm³/mol. The van der Waals surface area contributed by atoms with Gasteiger partial charge in [0.1, 0.15) is 24.4 Å². The molecule has 3 heterocycles. The van der Waals surface area contributed by atoms with E-state index in [4.69, 9.17) is 28.4 Å². The van der Waals surface area contributed by atoms with Crippen molar-refractivity contribution in [3.63, 3.8) is 0 Å². The number of hydrogen-bond donors (Lipinski definition) is 0. The highest BCUT2D eigenvalue weighted by atomic mass is 16.8. The Hall–Kier alpha value is -1.02. The van der Waals surface area contributed by atoms with Crippen LogP contribution in [-0.2, 0) is 28.4 Å². The molecule has 0 bridgehead atoms. The van der Waals surface area contributed by atoms with Crippen LogP contribution >= 0.6 is 0 Å². The second-order valence-corrected chi connectivity index (χ2v) is 8.59. The van der Waals surface area contributed by atoms with Crippen molar-refractivity contribution >= 4 is 0 Å². The van der Waals surface area contributed by atoms with Crippen LogP contribution in [0.3, 0.4) is 0 Å². The quantitative estimate of drug-likeness (QED) is 0.800. The maximum absolute atomic E-state index is 6.47. The maximum atomic E-state index is 6.47. The smallest absolute Gasteiger partial charge is 0.190 e. The van der Waals surface area contributed by atoms with E-state index < -0.39 is 17.9 Å².